The summed E-state index contributed by atoms with van der Waals surface area (Å²) in [5, 5.41) is 3.12. The molecule has 0 bridgehead atoms. The van der Waals surface area contributed by atoms with Crippen molar-refractivity contribution in [2.24, 2.45) is 0 Å². The second-order valence-electron chi connectivity index (χ2n) is 4.74. The van der Waals surface area contributed by atoms with Crippen LogP contribution in [0.15, 0.2) is 24.3 Å². The van der Waals surface area contributed by atoms with E-state index in [1.165, 1.54) is 12.1 Å². The van der Waals surface area contributed by atoms with Crippen LogP contribution in [-0.4, -0.2) is 31.1 Å². The summed E-state index contributed by atoms with van der Waals surface area (Å²) < 4.78 is 37.1. The lowest BCUT2D eigenvalue weighted by Crippen LogP contribution is -2.32. The van der Waals surface area contributed by atoms with Gasteiger partial charge in [0.2, 0.25) is 0 Å². The highest BCUT2D eigenvalue weighted by atomic mass is 19.4. The van der Waals surface area contributed by atoms with Crippen LogP contribution in [0.5, 0.6) is 0 Å². The van der Waals surface area contributed by atoms with Crippen LogP contribution in [0.25, 0.3) is 0 Å². The molecule has 1 unspecified atom stereocenters. The van der Waals surface area contributed by atoms with Crippen LogP contribution >= 0.6 is 0 Å². The summed E-state index contributed by atoms with van der Waals surface area (Å²) >= 11 is 0. The van der Waals surface area contributed by atoms with Gasteiger partial charge in [-0.15, -0.1) is 0 Å². The fourth-order valence-electron chi connectivity index (χ4n) is 1.69. The maximum absolute atomic E-state index is 12.4. The molecule has 1 N–H and O–H groups in total. The standard InChI is InChI=1S/C14H21F3N2/c1-4-11(2)19(3)10-9-18-13-7-5-12(6-8-13)14(15,16)17/h5-8,11,18H,4,9-10H2,1-3H3. The van der Waals surface area contributed by atoms with E-state index in [-0.39, 0.29) is 0 Å². The van der Waals surface area contributed by atoms with Gasteiger partial charge in [-0.3, -0.25) is 0 Å². The zero-order chi connectivity index (χ0) is 14.5. The molecule has 2 nitrogen and oxygen atoms in total. The summed E-state index contributed by atoms with van der Waals surface area (Å²) in [6.07, 6.45) is -3.19. The fraction of sp³-hybridized carbons (Fsp3) is 0.571. The molecule has 0 aromatic heterocycles. The molecule has 0 radical (unpaired) electrons. The van der Waals surface area contributed by atoms with Crippen molar-refractivity contribution in [1.29, 1.82) is 0 Å². The zero-order valence-electron chi connectivity index (χ0n) is 11.6. The average Bonchev–Trinajstić information content (AvgIpc) is 2.37. The van der Waals surface area contributed by atoms with Crippen molar-refractivity contribution >= 4 is 5.69 Å². The van der Waals surface area contributed by atoms with E-state index < -0.39 is 11.7 Å². The Labute approximate surface area is 112 Å². The first-order valence-corrected chi connectivity index (χ1v) is 6.46. The van der Waals surface area contributed by atoms with Gasteiger partial charge in [-0.1, -0.05) is 6.92 Å². The molecular formula is C14H21F3N2. The Morgan fingerprint density at radius 2 is 1.79 bits per heavy atom. The Kier molecular flexibility index (Phi) is 5.66. The highest BCUT2D eigenvalue weighted by Crippen LogP contribution is 2.29. The number of alkyl halides is 3. The maximum atomic E-state index is 12.4. The third-order valence-electron chi connectivity index (χ3n) is 3.35. The van der Waals surface area contributed by atoms with Crippen LogP contribution in [0.1, 0.15) is 25.8 Å². The molecule has 0 amide bonds. The first-order chi connectivity index (χ1) is 8.84. The highest BCUT2D eigenvalue weighted by molar-refractivity contribution is 5.45. The molecule has 0 spiro atoms. The van der Waals surface area contributed by atoms with Gasteiger partial charge >= 0.3 is 6.18 Å². The van der Waals surface area contributed by atoms with Gasteiger partial charge in [0.05, 0.1) is 5.56 Å². The molecule has 1 aromatic carbocycles. The van der Waals surface area contributed by atoms with Gasteiger partial charge in [-0.2, -0.15) is 13.2 Å². The molecule has 0 fully saturated rings. The van der Waals surface area contributed by atoms with Crippen LogP contribution in [-0.2, 0) is 6.18 Å². The van der Waals surface area contributed by atoms with Crippen LogP contribution in [0.4, 0.5) is 18.9 Å². The summed E-state index contributed by atoms with van der Waals surface area (Å²) in [6.45, 7) is 5.85. The lowest BCUT2D eigenvalue weighted by atomic mass is 10.2. The molecule has 0 aliphatic rings. The minimum absolute atomic E-state index is 0.509. The number of nitrogens with one attached hydrogen (secondary N) is 1. The van der Waals surface area contributed by atoms with E-state index in [4.69, 9.17) is 0 Å². The van der Waals surface area contributed by atoms with Gasteiger partial charge in [0.1, 0.15) is 0 Å². The molecule has 0 aliphatic carbocycles. The van der Waals surface area contributed by atoms with Gasteiger partial charge in [0, 0.05) is 24.8 Å². The van der Waals surface area contributed by atoms with Gasteiger partial charge in [-0.25, -0.2) is 0 Å². The van der Waals surface area contributed by atoms with Crippen molar-refractivity contribution in [1.82, 2.24) is 4.90 Å². The second-order valence-corrected chi connectivity index (χ2v) is 4.74. The number of hydrogen-bond donors (Lipinski definition) is 1. The summed E-state index contributed by atoms with van der Waals surface area (Å²) in [5.74, 6) is 0. The third kappa shape index (κ3) is 5.11. The van der Waals surface area contributed by atoms with Gasteiger partial charge in [0.15, 0.2) is 0 Å². The van der Waals surface area contributed by atoms with Crippen molar-refractivity contribution < 1.29 is 13.2 Å². The molecule has 108 valence electrons. The lowest BCUT2D eigenvalue weighted by Gasteiger charge is -2.23. The van der Waals surface area contributed by atoms with Crippen LogP contribution < -0.4 is 5.32 Å². The van der Waals surface area contributed by atoms with Crippen LogP contribution in [0, 0.1) is 0 Å². The van der Waals surface area contributed by atoms with Gasteiger partial charge in [0.25, 0.3) is 0 Å². The molecule has 1 rings (SSSR count). The Balaban J connectivity index is 2.42. The fourth-order valence-corrected chi connectivity index (χ4v) is 1.69. The Bertz CT molecular complexity index is 373. The Morgan fingerprint density at radius 1 is 1.21 bits per heavy atom. The molecule has 0 aliphatic heterocycles. The molecule has 0 saturated carbocycles. The van der Waals surface area contributed by atoms with Crippen LogP contribution in [0.3, 0.4) is 0 Å². The molecule has 1 aromatic rings. The minimum atomic E-state index is -4.27. The smallest absolute Gasteiger partial charge is 0.384 e. The number of benzene rings is 1. The second kappa shape index (κ2) is 6.80. The number of rotatable bonds is 6. The number of likely N-dealkylation sites (N-methyl/N-ethyl adjacent to an activating group) is 1. The van der Waals surface area contributed by atoms with Crippen molar-refractivity contribution in [2.45, 2.75) is 32.5 Å². The van der Waals surface area contributed by atoms with Crippen molar-refractivity contribution in [3.05, 3.63) is 29.8 Å². The summed E-state index contributed by atoms with van der Waals surface area (Å²) in [6, 6.07) is 5.63. The minimum Gasteiger partial charge on any atom is -0.384 e. The van der Waals surface area contributed by atoms with Gasteiger partial charge < -0.3 is 10.2 Å². The molecular weight excluding hydrogens is 253 g/mol. The van der Waals surface area contributed by atoms with E-state index >= 15 is 0 Å². The predicted molar refractivity (Wildman–Crippen MR) is 72.3 cm³/mol. The van der Waals surface area contributed by atoms with Crippen molar-refractivity contribution in [3.8, 4) is 0 Å². The van der Waals surface area contributed by atoms with Crippen molar-refractivity contribution in [3.63, 3.8) is 0 Å². The van der Waals surface area contributed by atoms with E-state index in [1.54, 1.807) is 0 Å². The predicted octanol–water partition coefficient (Wildman–Crippen LogP) is 3.85. The molecule has 0 saturated heterocycles. The van der Waals surface area contributed by atoms with E-state index in [0.29, 0.717) is 18.3 Å². The monoisotopic (exact) mass is 274 g/mol. The third-order valence-corrected chi connectivity index (χ3v) is 3.35. The number of hydrogen-bond acceptors (Lipinski definition) is 2. The molecule has 1 atom stereocenters. The molecule has 5 heteroatoms. The van der Waals surface area contributed by atoms with Crippen LogP contribution in [0.2, 0.25) is 0 Å². The Hall–Kier alpha value is -1.23. The topological polar surface area (TPSA) is 15.3 Å². The Morgan fingerprint density at radius 3 is 2.26 bits per heavy atom. The van der Waals surface area contributed by atoms with E-state index in [1.807, 2.05) is 7.05 Å². The first kappa shape index (κ1) is 15.8. The highest BCUT2D eigenvalue weighted by Gasteiger charge is 2.29. The average molecular weight is 274 g/mol. The normalized spacial score (nSPS) is 13.6. The SMILES string of the molecule is CCC(C)N(C)CCNc1ccc(C(F)(F)F)cc1. The zero-order valence-corrected chi connectivity index (χ0v) is 11.6. The number of nitrogens with zero attached hydrogens (tertiary/aromatic N) is 1. The first-order valence-electron chi connectivity index (χ1n) is 6.46. The largest absolute Gasteiger partial charge is 0.416 e. The van der Waals surface area contributed by atoms with E-state index in [0.717, 1.165) is 25.1 Å². The van der Waals surface area contributed by atoms with E-state index in [2.05, 4.69) is 24.1 Å². The maximum Gasteiger partial charge on any atom is 0.416 e. The summed E-state index contributed by atoms with van der Waals surface area (Å²) in [7, 11) is 2.04. The summed E-state index contributed by atoms with van der Waals surface area (Å²) in [5.41, 5.74) is 0.0975. The lowest BCUT2D eigenvalue weighted by molar-refractivity contribution is -0.137. The molecule has 19 heavy (non-hydrogen) atoms. The van der Waals surface area contributed by atoms with Crippen molar-refractivity contribution in [2.75, 3.05) is 25.5 Å². The quantitative estimate of drug-likeness (QED) is 0.847. The van der Waals surface area contributed by atoms with Gasteiger partial charge in [-0.05, 0) is 44.7 Å². The summed E-state index contributed by atoms with van der Waals surface area (Å²) in [4.78, 5) is 2.22. The van der Waals surface area contributed by atoms with E-state index in [9.17, 15) is 13.2 Å². The number of anilines is 1. The molecule has 0 heterocycles. The number of halogens is 3.